The molecule has 1 aromatic carbocycles. The van der Waals surface area contributed by atoms with E-state index in [1.165, 1.54) is 31.7 Å². The fourth-order valence-electron chi connectivity index (χ4n) is 2.58. The van der Waals surface area contributed by atoms with Gasteiger partial charge in [0.1, 0.15) is 0 Å². The average molecular weight is 270 g/mol. The molecule has 0 atom stereocenters. The summed E-state index contributed by atoms with van der Waals surface area (Å²) in [7, 11) is 0. The summed E-state index contributed by atoms with van der Waals surface area (Å²) in [5, 5.41) is 3.36. The molecule has 3 N–H and O–H groups in total. The first kappa shape index (κ1) is 12.6. The highest BCUT2D eigenvalue weighted by atomic mass is 19.4. The Kier molecular flexibility index (Phi) is 2.87. The molecule has 2 nitrogen and oxygen atoms in total. The van der Waals surface area contributed by atoms with Gasteiger partial charge in [0.05, 0.1) is 16.9 Å². The van der Waals surface area contributed by atoms with Gasteiger partial charge in [-0.3, -0.25) is 0 Å². The monoisotopic (exact) mass is 270 g/mol. The predicted molar refractivity (Wildman–Crippen MR) is 68.7 cm³/mol. The van der Waals surface area contributed by atoms with Gasteiger partial charge in [-0.05, 0) is 55.7 Å². The van der Waals surface area contributed by atoms with Gasteiger partial charge in [0, 0.05) is 6.04 Å². The van der Waals surface area contributed by atoms with Crippen LogP contribution >= 0.6 is 0 Å². The molecule has 2 saturated carbocycles. The molecule has 0 unspecified atom stereocenters. The Morgan fingerprint density at radius 1 is 1.11 bits per heavy atom. The van der Waals surface area contributed by atoms with Crippen LogP contribution in [-0.2, 0) is 6.18 Å². The number of nitrogens with two attached hydrogens (primary N) is 1. The Hall–Kier alpha value is -1.39. The SMILES string of the molecule is Nc1cc(C(F)(F)F)ccc1NC(C1CC1)C1CC1. The molecule has 0 amide bonds. The largest absolute Gasteiger partial charge is 0.416 e. The lowest BCUT2D eigenvalue weighted by molar-refractivity contribution is -0.137. The summed E-state index contributed by atoms with van der Waals surface area (Å²) in [6, 6.07) is 3.95. The first-order chi connectivity index (χ1) is 8.95. The zero-order valence-electron chi connectivity index (χ0n) is 10.5. The third-order valence-corrected chi connectivity index (χ3v) is 3.96. The van der Waals surface area contributed by atoms with Crippen LogP contribution in [0.15, 0.2) is 18.2 Å². The number of hydrogen-bond donors (Lipinski definition) is 2. The normalized spacial score (nSPS) is 19.8. The van der Waals surface area contributed by atoms with Crippen molar-refractivity contribution in [3.05, 3.63) is 23.8 Å². The van der Waals surface area contributed by atoms with Crippen LogP contribution in [0.5, 0.6) is 0 Å². The minimum absolute atomic E-state index is 0.182. The number of hydrogen-bond acceptors (Lipinski definition) is 2. The second-order valence-corrected chi connectivity index (χ2v) is 5.64. The van der Waals surface area contributed by atoms with Gasteiger partial charge >= 0.3 is 6.18 Å². The van der Waals surface area contributed by atoms with Crippen LogP contribution in [0, 0.1) is 11.8 Å². The van der Waals surface area contributed by atoms with Crippen molar-refractivity contribution in [3.63, 3.8) is 0 Å². The van der Waals surface area contributed by atoms with Crippen molar-refractivity contribution in [3.8, 4) is 0 Å². The van der Waals surface area contributed by atoms with E-state index in [0.717, 1.165) is 12.1 Å². The smallest absolute Gasteiger partial charge is 0.397 e. The van der Waals surface area contributed by atoms with E-state index in [9.17, 15) is 13.2 Å². The zero-order chi connectivity index (χ0) is 13.6. The van der Waals surface area contributed by atoms with Crippen LogP contribution in [0.3, 0.4) is 0 Å². The van der Waals surface area contributed by atoms with E-state index in [1.807, 2.05) is 0 Å². The van der Waals surface area contributed by atoms with E-state index in [-0.39, 0.29) is 5.69 Å². The highest BCUT2D eigenvalue weighted by Crippen LogP contribution is 2.46. The molecule has 0 bridgehead atoms. The summed E-state index contributed by atoms with van der Waals surface area (Å²) in [6.07, 6.45) is 0.534. The molecule has 2 aliphatic rings. The Labute approximate surface area is 110 Å². The van der Waals surface area contributed by atoms with Gasteiger partial charge in [-0.25, -0.2) is 0 Å². The minimum atomic E-state index is -4.33. The third kappa shape index (κ3) is 2.80. The van der Waals surface area contributed by atoms with Gasteiger partial charge < -0.3 is 11.1 Å². The molecule has 0 spiro atoms. The molecular formula is C14H17F3N2. The average Bonchev–Trinajstić information content (AvgIpc) is 3.19. The number of nitrogen functional groups attached to an aromatic ring is 1. The van der Waals surface area contributed by atoms with Gasteiger partial charge in [-0.1, -0.05) is 0 Å². The van der Waals surface area contributed by atoms with Crippen LogP contribution < -0.4 is 11.1 Å². The number of rotatable bonds is 4. The molecule has 3 rings (SSSR count). The maximum atomic E-state index is 12.6. The van der Waals surface area contributed by atoms with Gasteiger partial charge in [0.2, 0.25) is 0 Å². The number of alkyl halides is 3. The van der Waals surface area contributed by atoms with Gasteiger partial charge in [0.15, 0.2) is 0 Å². The van der Waals surface area contributed by atoms with E-state index in [0.29, 0.717) is 23.6 Å². The molecule has 19 heavy (non-hydrogen) atoms. The molecule has 1 aromatic rings. The first-order valence-corrected chi connectivity index (χ1v) is 6.68. The number of nitrogens with one attached hydrogen (secondary N) is 1. The summed E-state index contributed by atoms with van der Waals surface area (Å²) < 4.78 is 37.7. The van der Waals surface area contributed by atoms with Crippen LogP contribution in [0.25, 0.3) is 0 Å². The molecule has 2 fully saturated rings. The molecule has 0 aromatic heterocycles. The Morgan fingerprint density at radius 3 is 2.11 bits per heavy atom. The zero-order valence-corrected chi connectivity index (χ0v) is 10.5. The summed E-state index contributed by atoms with van der Waals surface area (Å²) in [6.45, 7) is 0. The molecule has 0 radical (unpaired) electrons. The van der Waals surface area contributed by atoms with E-state index in [1.54, 1.807) is 0 Å². The van der Waals surface area contributed by atoms with E-state index >= 15 is 0 Å². The Balaban J connectivity index is 1.77. The Morgan fingerprint density at radius 2 is 1.68 bits per heavy atom. The minimum Gasteiger partial charge on any atom is -0.397 e. The van der Waals surface area contributed by atoms with Crippen molar-refractivity contribution < 1.29 is 13.2 Å². The molecule has 0 heterocycles. The molecule has 0 saturated heterocycles. The predicted octanol–water partition coefficient (Wildman–Crippen LogP) is 3.89. The summed E-state index contributed by atoms with van der Waals surface area (Å²) in [4.78, 5) is 0. The molecule has 0 aliphatic heterocycles. The second-order valence-electron chi connectivity index (χ2n) is 5.64. The summed E-state index contributed by atoms with van der Waals surface area (Å²) in [5.74, 6) is 1.35. The number of benzene rings is 1. The van der Waals surface area contributed by atoms with Crippen molar-refractivity contribution in [2.45, 2.75) is 37.9 Å². The van der Waals surface area contributed by atoms with Crippen LogP contribution in [0.1, 0.15) is 31.2 Å². The van der Waals surface area contributed by atoms with E-state index in [4.69, 9.17) is 5.73 Å². The fourth-order valence-corrected chi connectivity index (χ4v) is 2.58. The van der Waals surface area contributed by atoms with E-state index in [2.05, 4.69) is 5.32 Å². The van der Waals surface area contributed by atoms with Crippen molar-refractivity contribution in [2.24, 2.45) is 11.8 Å². The van der Waals surface area contributed by atoms with Crippen molar-refractivity contribution in [2.75, 3.05) is 11.1 Å². The summed E-state index contributed by atoms with van der Waals surface area (Å²) >= 11 is 0. The van der Waals surface area contributed by atoms with Crippen LogP contribution in [0.4, 0.5) is 24.5 Å². The third-order valence-electron chi connectivity index (χ3n) is 3.96. The fraction of sp³-hybridized carbons (Fsp3) is 0.571. The number of halogens is 3. The molecule has 104 valence electrons. The van der Waals surface area contributed by atoms with Crippen molar-refractivity contribution in [1.29, 1.82) is 0 Å². The highest BCUT2D eigenvalue weighted by Gasteiger charge is 2.41. The topological polar surface area (TPSA) is 38.0 Å². The highest BCUT2D eigenvalue weighted by molar-refractivity contribution is 5.67. The maximum Gasteiger partial charge on any atom is 0.416 e. The van der Waals surface area contributed by atoms with Crippen molar-refractivity contribution >= 4 is 11.4 Å². The lowest BCUT2D eigenvalue weighted by atomic mass is 10.1. The van der Waals surface area contributed by atoms with Crippen LogP contribution in [-0.4, -0.2) is 6.04 Å². The summed E-state index contributed by atoms with van der Waals surface area (Å²) in [5.41, 5.74) is 5.87. The van der Waals surface area contributed by atoms with Gasteiger partial charge in [-0.2, -0.15) is 13.2 Å². The lowest BCUT2D eigenvalue weighted by Crippen LogP contribution is -2.24. The van der Waals surface area contributed by atoms with Gasteiger partial charge in [0.25, 0.3) is 0 Å². The van der Waals surface area contributed by atoms with Gasteiger partial charge in [-0.15, -0.1) is 0 Å². The van der Waals surface area contributed by atoms with E-state index < -0.39 is 11.7 Å². The lowest BCUT2D eigenvalue weighted by Gasteiger charge is -2.21. The first-order valence-electron chi connectivity index (χ1n) is 6.68. The number of anilines is 2. The van der Waals surface area contributed by atoms with Crippen LogP contribution in [0.2, 0.25) is 0 Å². The van der Waals surface area contributed by atoms with Crippen molar-refractivity contribution in [1.82, 2.24) is 0 Å². The quantitative estimate of drug-likeness (QED) is 0.815. The Bertz CT molecular complexity index is 464. The maximum absolute atomic E-state index is 12.6. The second kappa shape index (κ2) is 4.32. The molecule has 2 aliphatic carbocycles. The molecule has 5 heteroatoms. The standard InChI is InChI=1S/C14H17F3N2/c15-14(16,17)10-5-6-12(11(18)7-10)19-13(8-1-2-8)9-3-4-9/h5-9,13,19H,1-4,18H2. The molecular weight excluding hydrogens is 253 g/mol.